The number of halogens is 1. The Morgan fingerprint density at radius 2 is 1.81 bits per heavy atom. The molecule has 0 fully saturated rings. The van der Waals surface area contributed by atoms with E-state index < -0.39 is 0 Å². The number of rotatable bonds is 9. The van der Waals surface area contributed by atoms with Crippen molar-refractivity contribution in [1.82, 2.24) is 20.5 Å². The first-order valence-electron chi connectivity index (χ1n) is 9.51. The number of hydrogen-bond acceptors (Lipinski definition) is 4. The summed E-state index contributed by atoms with van der Waals surface area (Å²) < 4.78 is 5.47. The van der Waals surface area contributed by atoms with Gasteiger partial charge in [-0.25, -0.2) is 0 Å². The fraction of sp³-hybridized carbons (Fsp3) is 0.700. The predicted molar refractivity (Wildman–Crippen MR) is 125 cm³/mol. The number of ether oxygens (including phenoxy) is 1. The normalized spacial score (nSPS) is 11.7. The summed E-state index contributed by atoms with van der Waals surface area (Å²) in [4.78, 5) is 11.3. The Morgan fingerprint density at radius 3 is 2.33 bits per heavy atom. The Labute approximate surface area is 182 Å². The van der Waals surface area contributed by atoms with Crippen LogP contribution in [0.1, 0.15) is 50.9 Å². The van der Waals surface area contributed by atoms with Crippen LogP contribution < -0.4 is 15.4 Å². The van der Waals surface area contributed by atoms with Crippen molar-refractivity contribution in [2.75, 3.05) is 27.2 Å². The molecule has 2 N–H and O–H groups in total. The minimum absolute atomic E-state index is 0. The summed E-state index contributed by atoms with van der Waals surface area (Å²) in [6.45, 7) is 15.6. The number of aryl methyl sites for hydroxylation is 1. The summed E-state index contributed by atoms with van der Waals surface area (Å²) in [6.07, 6.45) is 2.93. The van der Waals surface area contributed by atoms with Crippen molar-refractivity contribution >= 4 is 29.9 Å². The second-order valence-electron chi connectivity index (χ2n) is 7.18. The Kier molecular flexibility index (Phi) is 12.6. The van der Waals surface area contributed by atoms with E-state index >= 15 is 0 Å². The lowest BCUT2D eigenvalue weighted by Gasteiger charge is -2.30. The van der Waals surface area contributed by atoms with Gasteiger partial charge in [-0.05, 0) is 48.0 Å². The molecule has 0 saturated heterocycles. The third-order valence-corrected chi connectivity index (χ3v) is 4.61. The van der Waals surface area contributed by atoms with E-state index in [9.17, 15) is 0 Å². The molecule has 1 rings (SSSR count). The number of nitrogens with one attached hydrogen (secondary N) is 2. The number of aliphatic imine (C=N–C) groups is 1. The van der Waals surface area contributed by atoms with E-state index in [1.807, 2.05) is 20.0 Å². The van der Waals surface area contributed by atoms with Gasteiger partial charge in [-0.2, -0.15) is 0 Å². The van der Waals surface area contributed by atoms with Crippen LogP contribution in [0.5, 0.6) is 5.75 Å². The maximum Gasteiger partial charge on any atom is 0.191 e. The Morgan fingerprint density at radius 1 is 1.19 bits per heavy atom. The molecule has 0 aromatic carbocycles. The van der Waals surface area contributed by atoms with E-state index in [0.29, 0.717) is 18.6 Å². The molecule has 0 saturated carbocycles. The maximum atomic E-state index is 5.47. The Hall–Kier alpha value is -1.09. The summed E-state index contributed by atoms with van der Waals surface area (Å²) in [6, 6.07) is 1.14. The second-order valence-corrected chi connectivity index (χ2v) is 7.18. The number of aromatic nitrogens is 1. The molecule has 1 aromatic rings. The van der Waals surface area contributed by atoms with E-state index in [4.69, 9.17) is 4.74 Å². The average molecular weight is 491 g/mol. The van der Waals surface area contributed by atoms with Gasteiger partial charge in [0.05, 0.1) is 19.3 Å². The predicted octanol–water partition coefficient (Wildman–Crippen LogP) is 3.50. The lowest BCUT2D eigenvalue weighted by atomic mass is 10.1. The molecule has 7 heteroatoms. The first-order chi connectivity index (χ1) is 12.3. The second kappa shape index (κ2) is 13.1. The summed E-state index contributed by atoms with van der Waals surface area (Å²) >= 11 is 0. The van der Waals surface area contributed by atoms with E-state index in [1.165, 1.54) is 0 Å². The van der Waals surface area contributed by atoms with Crippen molar-refractivity contribution in [2.45, 2.75) is 66.6 Å². The van der Waals surface area contributed by atoms with Crippen molar-refractivity contribution in [3.8, 4) is 5.75 Å². The van der Waals surface area contributed by atoms with Gasteiger partial charge in [0.25, 0.3) is 0 Å². The number of nitrogens with zero attached hydrogens (tertiary/aromatic N) is 3. The molecule has 0 bridgehead atoms. The fourth-order valence-electron chi connectivity index (χ4n) is 3.22. The summed E-state index contributed by atoms with van der Waals surface area (Å²) in [7, 11) is 3.49. The molecule has 0 amide bonds. The highest BCUT2D eigenvalue weighted by Crippen LogP contribution is 2.23. The topological polar surface area (TPSA) is 61.8 Å². The number of methoxy groups -OCH3 is 1. The molecule has 0 unspecified atom stereocenters. The van der Waals surface area contributed by atoms with Gasteiger partial charge in [-0.1, -0.05) is 0 Å². The highest BCUT2D eigenvalue weighted by molar-refractivity contribution is 14.0. The van der Waals surface area contributed by atoms with Gasteiger partial charge in [0.15, 0.2) is 5.96 Å². The monoisotopic (exact) mass is 491 g/mol. The zero-order valence-electron chi connectivity index (χ0n) is 18.2. The van der Waals surface area contributed by atoms with Crippen LogP contribution in [0, 0.1) is 13.8 Å². The number of guanidine groups is 1. The standard InChI is InChI=1S/C20H37N5O.HI/c1-14(2)25(15(3)4)11-9-10-22-20(21-7)24-13-18-17(6)19(26-8)16(5)12-23-18;/h12,14-15H,9-11,13H2,1-8H3,(H2,21,22,24);1H. The fourth-order valence-corrected chi connectivity index (χ4v) is 3.22. The van der Waals surface area contributed by atoms with Crippen LogP contribution in [0.25, 0.3) is 0 Å². The van der Waals surface area contributed by atoms with Gasteiger partial charge in [-0.15, -0.1) is 24.0 Å². The molecule has 0 aliphatic rings. The van der Waals surface area contributed by atoms with Crippen LogP contribution >= 0.6 is 24.0 Å². The van der Waals surface area contributed by atoms with Gasteiger partial charge in [0.2, 0.25) is 0 Å². The van der Waals surface area contributed by atoms with Crippen molar-refractivity contribution in [2.24, 2.45) is 4.99 Å². The highest BCUT2D eigenvalue weighted by atomic mass is 127. The molecular formula is C20H38IN5O. The SMILES string of the molecule is CN=C(NCCCN(C(C)C)C(C)C)NCc1ncc(C)c(OC)c1C.I. The average Bonchev–Trinajstić information content (AvgIpc) is 2.58. The molecule has 6 nitrogen and oxygen atoms in total. The third-order valence-electron chi connectivity index (χ3n) is 4.61. The minimum atomic E-state index is 0. The highest BCUT2D eigenvalue weighted by Gasteiger charge is 2.13. The van der Waals surface area contributed by atoms with Crippen LogP contribution in [0.15, 0.2) is 11.2 Å². The van der Waals surface area contributed by atoms with Crippen molar-refractivity contribution < 1.29 is 4.74 Å². The summed E-state index contributed by atoms with van der Waals surface area (Å²) in [5.74, 6) is 1.70. The molecule has 1 aromatic heterocycles. The van der Waals surface area contributed by atoms with Crippen LogP contribution in [-0.2, 0) is 6.54 Å². The zero-order chi connectivity index (χ0) is 19.7. The first-order valence-corrected chi connectivity index (χ1v) is 9.51. The minimum Gasteiger partial charge on any atom is -0.496 e. The van der Waals surface area contributed by atoms with Gasteiger partial charge in [0, 0.05) is 49.5 Å². The van der Waals surface area contributed by atoms with E-state index in [2.05, 4.69) is 53.2 Å². The number of pyridine rings is 1. The molecule has 0 aliphatic carbocycles. The molecule has 156 valence electrons. The van der Waals surface area contributed by atoms with Crippen LogP contribution in [0.2, 0.25) is 0 Å². The summed E-state index contributed by atoms with van der Waals surface area (Å²) in [5.41, 5.74) is 3.09. The van der Waals surface area contributed by atoms with E-state index in [-0.39, 0.29) is 24.0 Å². The Bertz CT molecular complexity index is 582. The third kappa shape index (κ3) is 8.21. The Balaban J connectivity index is 0.00000676. The van der Waals surface area contributed by atoms with Gasteiger partial charge < -0.3 is 15.4 Å². The van der Waals surface area contributed by atoms with Gasteiger partial charge >= 0.3 is 0 Å². The molecule has 0 atom stereocenters. The molecule has 0 radical (unpaired) electrons. The largest absolute Gasteiger partial charge is 0.496 e. The maximum absolute atomic E-state index is 5.47. The van der Waals surface area contributed by atoms with Crippen LogP contribution in [-0.4, -0.2) is 55.2 Å². The molecule has 0 spiro atoms. The molecule has 1 heterocycles. The quantitative estimate of drug-likeness (QED) is 0.240. The van der Waals surface area contributed by atoms with Crippen LogP contribution in [0.4, 0.5) is 0 Å². The number of hydrogen-bond donors (Lipinski definition) is 2. The molecule has 27 heavy (non-hydrogen) atoms. The van der Waals surface area contributed by atoms with Crippen molar-refractivity contribution in [1.29, 1.82) is 0 Å². The lowest BCUT2D eigenvalue weighted by Crippen LogP contribution is -2.41. The van der Waals surface area contributed by atoms with Crippen LogP contribution in [0.3, 0.4) is 0 Å². The van der Waals surface area contributed by atoms with E-state index in [1.54, 1.807) is 14.2 Å². The summed E-state index contributed by atoms with van der Waals surface area (Å²) in [5, 5.41) is 6.72. The first kappa shape index (κ1) is 25.9. The molecular weight excluding hydrogens is 453 g/mol. The smallest absolute Gasteiger partial charge is 0.191 e. The van der Waals surface area contributed by atoms with E-state index in [0.717, 1.165) is 48.0 Å². The van der Waals surface area contributed by atoms with Crippen molar-refractivity contribution in [3.05, 3.63) is 23.0 Å². The molecule has 0 aliphatic heterocycles. The lowest BCUT2D eigenvalue weighted by molar-refractivity contribution is 0.173. The van der Waals surface area contributed by atoms with Gasteiger partial charge in [-0.3, -0.25) is 14.9 Å². The van der Waals surface area contributed by atoms with Gasteiger partial charge in [0.1, 0.15) is 5.75 Å². The zero-order valence-corrected chi connectivity index (χ0v) is 20.5. The van der Waals surface area contributed by atoms with Crippen molar-refractivity contribution in [3.63, 3.8) is 0 Å².